The second kappa shape index (κ2) is 7.69. The molecule has 0 saturated carbocycles. The SMILES string of the molecule is CC(C)CN(CC(C)C)C(=O)CS[C@H]1CCS(=O)(=O)C1. The normalized spacial score (nSPS) is 21.6. The van der Waals surface area contributed by atoms with Crippen LogP contribution in [0.25, 0.3) is 0 Å². The molecule has 0 spiro atoms. The second-order valence-electron chi connectivity index (χ2n) is 6.42. The zero-order chi connectivity index (χ0) is 15.3. The third-order valence-electron chi connectivity index (χ3n) is 3.16. The number of hydrogen-bond acceptors (Lipinski definition) is 4. The number of carbonyl (C=O) groups excluding carboxylic acids is 1. The Bertz CT molecular complexity index is 408. The number of sulfone groups is 1. The summed E-state index contributed by atoms with van der Waals surface area (Å²) in [4.78, 5) is 14.2. The van der Waals surface area contributed by atoms with Crippen molar-refractivity contribution in [1.82, 2.24) is 4.90 Å². The van der Waals surface area contributed by atoms with E-state index in [1.165, 1.54) is 11.8 Å². The van der Waals surface area contributed by atoms with Crippen LogP contribution in [0, 0.1) is 11.8 Å². The smallest absolute Gasteiger partial charge is 0.232 e. The van der Waals surface area contributed by atoms with Gasteiger partial charge >= 0.3 is 0 Å². The van der Waals surface area contributed by atoms with Crippen LogP contribution < -0.4 is 0 Å². The molecule has 4 nitrogen and oxygen atoms in total. The second-order valence-corrected chi connectivity index (χ2v) is 9.94. The predicted molar refractivity (Wildman–Crippen MR) is 85.8 cm³/mol. The summed E-state index contributed by atoms with van der Waals surface area (Å²) in [6.45, 7) is 9.99. The molecule has 0 aromatic rings. The average molecular weight is 322 g/mol. The average Bonchev–Trinajstić information content (AvgIpc) is 2.64. The van der Waals surface area contributed by atoms with Gasteiger partial charge in [-0.1, -0.05) is 27.7 Å². The van der Waals surface area contributed by atoms with E-state index in [9.17, 15) is 13.2 Å². The van der Waals surface area contributed by atoms with Crippen LogP contribution in [0.4, 0.5) is 0 Å². The minimum atomic E-state index is -2.85. The molecule has 118 valence electrons. The highest BCUT2D eigenvalue weighted by atomic mass is 32.2. The number of thioether (sulfide) groups is 1. The minimum Gasteiger partial charge on any atom is -0.341 e. The molecule has 20 heavy (non-hydrogen) atoms. The Labute approximate surface area is 127 Å². The molecule has 1 fully saturated rings. The van der Waals surface area contributed by atoms with Gasteiger partial charge in [-0.2, -0.15) is 0 Å². The molecule has 0 unspecified atom stereocenters. The lowest BCUT2D eigenvalue weighted by atomic mass is 10.1. The minimum absolute atomic E-state index is 0.101. The fourth-order valence-electron chi connectivity index (χ4n) is 2.33. The van der Waals surface area contributed by atoms with Crippen molar-refractivity contribution in [3.63, 3.8) is 0 Å². The Balaban J connectivity index is 2.45. The maximum absolute atomic E-state index is 12.3. The van der Waals surface area contributed by atoms with Crippen LogP contribution in [0.5, 0.6) is 0 Å². The Kier molecular flexibility index (Phi) is 6.85. The molecule has 1 atom stereocenters. The summed E-state index contributed by atoms with van der Waals surface area (Å²) >= 11 is 1.51. The first-order chi connectivity index (χ1) is 9.19. The van der Waals surface area contributed by atoms with Gasteiger partial charge in [0.15, 0.2) is 9.84 Å². The summed E-state index contributed by atoms with van der Waals surface area (Å²) in [7, 11) is -2.85. The molecule has 1 amide bonds. The van der Waals surface area contributed by atoms with E-state index < -0.39 is 9.84 Å². The van der Waals surface area contributed by atoms with E-state index in [4.69, 9.17) is 0 Å². The number of amides is 1. The first kappa shape index (κ1) is 17.8. The van der Waals surface area contributed by atoms with E-state index in [-0.39, 0.29) is 22.7 Å². The van der Waals surface area contributed by atoms with Crippen molar-refractivity contribution in [2.45, 2.75) is 39.4 Å². The van der Waals surface area contributed by atoms with Crippen LogP contribution in [0.15, 0.2) is 0 Å². The summed E-state index contributed by atoms with van der Waals surface area (Å²) in [6.07, 6.45) is 0.689. The van der Waals surface area contributed by atoms with Crippen molar-refractivity contribution in [1.29, 1.82) is 0 Å². The maximum atomic E-state index is 12.3. The molecule has 1 rings (SSSR count). The van der Waals surface area contributed by atoms with Crippen LogP contribution in [-0.2, 0) is 14.6 Å². The van der Waals surface area contributed by atoms with E-state index in [1.54, 1.807) is 0 Å². The van der Waals surface area contributed by atoms with Gasteiger partial charge in [0.05, 0.1) is 17.3 Å². The first-order valence-electron chi connectivity index (χ1n) is 7.29. The van der Waals surface area contributed by atoms with Gasteiger partial charge in [-0.05, 0) is 18.3 Å². The highest BCUT2D eigenvalue weighted by Gasteiger charge is 2.29. The van der Waals surface area contributed by atoms with Crippen molar-refractivity contribution in [2.75, 3.05) is 30.3 Å². The van der Waals surface area contributed by atoms with Gasteiger partial charge in [-0.15, -0.1) is 11.8 Å². The topological polar surface area (TPSA) is 54.5 Å². The molecular formula is C14H27NO3S2. The standard InChI is InChI=1S/C14H27NO3S2/c1-11(2)7-15(8-12(3)4)14(16)9-19-13-5-6-20(17,18)10-13/h11-13H,5-10H2,1-4H3/t13-/m0/s1. The number of nitrogens with zero attached hydrogens (tertiary/aromatic N) is 1. The van der Waals surface area contributed by atoms with Crippen molar-refractivity contribution >= 4 is 27.5 Å². The van der Waals surface area contributed by atoms with Crippen molar-refractivity contribution in [3.8, 4) is 0 Å². The molecular weight excluding hydrogens is 294 g/mol. The third kappa shape index (κ3) is 6.48. The van der Waals surface area contributed by atoms with E-state index in [0.29, 0.717) is 24.0 Å². The zero-order valence-electron chi connectivity index (χ0n) is 13.0. The molecule has 0 radical (unpaired) electrons. The largest absolute Gasteiger partial charge is 0.341 e. The highest BCUT2D eigenvalue weighted by molar-refractivity contribution is 8.02. The summed E-state index contributed by atoms with van der Waals surface area (Å²) in [5.41, 5.74) is 0. The predicted octanol–water partition coefficient (Wildman–Crippen LogP) is 2.05. The lowest BCUT2D eigenvalue weighted by molar-refractivity contribution is -0.129. The Morgan fingerprint density at radius 2 is 1.75 bits per heavy atom. The van der Waals surface area contributed by atoms with E-state index in [0.717, 1.165) is 13.1 Å². The van der Waals surface area contributed by atoms with Gasteiger partial charge in [0.2, 0.25) is 5.91 Å². The Hall–Kier alpha value is -0.230. The molecule has 0 aliphatic carbocycles. The highest BCUT2D eigenvalue weighted by Crippen LogP contribution is 2.24. The summed E-state index contributed by atoms with van der Waals surface area (Å²) < 4.78 is 22.8. The molecule has 1 saturated heterocycles. The molecule has 0 aromatic heterocycles. The van der Waals surface area contributed by atoms with Crippen molar-refractivity contribution in [2.24, 2.45) is 11.8 Å². The lowest BCUT2D eigenvalue weighted by Crippen LogP contribution is -2.38. The van der Waals surface area contributed by atoms with Gasteiger partial charge in [0.1, 0.15) is 0 Å². The van der Waals surface area contributed by atoms with Crippen LogP contribution >= 0.6 is 11.8 Å². The molecule has 0 N–H and O–H groups in total. The monoisotopic (exact) mass is 321 g/mol. The van der Waals surface area contributed by atoms with Crippen LogP contribution in [0.1, 0.15) is 34.1 Å². The van der Waals surface area contributed by atoms with Gasteiger partial charge in [0, 0.05) is 18.3 Å². The van der Waals surface area contributed by atoms with E-state index in [2.05, 4.69) is 27.7 Å². The molecule has 0 aromatic carbocycles. The number of carbonyl (C=O) groups is 1. The number of hydrogen-bond donors (Lipinski definition) is 0. The zero-order valence-corrected chi connectivity index (χ0v) is 14.6. The Morgan fingerprint density at radius 1 is 1.20 bits per heavy atom. The summed E-state index contributed by atoms with van der Waals surface area (Å²) in [5, 5.41) is 0.101. The molecule has 6 heteroatoms. The molecule has 0 bridgehead atoms. The first-order valence-corrected chi connectivity index (χ1v) is 10.2. The van der Waals surface area contributed by atoms with Gasteiger partial charge < -0.3 is 4.90 Å². The third-order valence-corrected chi connectivity index (χ3v) is 6.42. The van der Waals surface area contributed by atoms with Gasteiger partial charge in [-0.25, -0.2) is 8.42 Å². The fourth-order valence-corrected chi connectivity index (χ4v) is 5.88. The maximum Gasteiger partial charge on any atom is 0.232 e. The summed E-state index contributed by atoms with van der Waals surface area (Å²) in [6, 6.07) is 0. The van der Waals surface area contributed by atoms with E-state index >= 15 is 0 Å². The quantitative estimate of drug-likeness (QED) is 0.720. The van der Waals surface area contributed by atoms with Crippen LogP contribution in [-0.4, -0.2) is 54.8 Å². The molecule has 1 aliphatic heterocycles. The summed E-state index contributed by atoms with van der Waals surface area (Å²) in [5.74, 6) is 1.96. The molecule has 1 aliphatic rings. The van der Waals surface area contributed by atoms with E-state index in [1.807, 2.05) is 4.90 Å². The Morgan fingerprint density at radius 3 is 2.15 bits per heavy atom. The number of rotatable bonds is 7. The fraction of sp³-hybridized carbons (Fsp3) is 0.929. The van der Waals surface area contributed by atoms with Gasteiger partial charge in [0.25, 0.3) is 0 Å². The lowest BCUT2D eigenvalue weighted by Gasteiger charge is -2.26. The van der Waals surface area contributed by atoms with Crippen molar-refractivity contribution in [3.05, 3.63) is 0 Å². The molecule has 1 heterocycles. The van der Waals surface area contributed by atoms with Crippen LogP contribution in [0.2, 0.25) is 0 Å². The van der Waals surface area contributed by atoms with Crippen LogP contribution in [0.3, 0.4) is 0 Å². The van der Waals surface area contributed by atoms with Crippen molar-refractivity contribution < 1.29 is 13.2 Å². The van der Waals surface area contributed by atoms with Gasteiger partial charge in [-0.3, -0.25) is 4.79 Å².